The molecule has 3 nitrogen and oxygen atoms in total. The summed E-state index contributed by atoms with van der Waals surface area (Å²) in [6.07, 6.45) is 1.68. The average molecular weight is 215 g/mol. The first-order valence-corrected chi connectivity index (χ1v) is 4.14. The number of nitrogens with one attached hydrogen (secondary N) is 1. The van der Waals surface area contributed by atoms with Crippen LogP contribution in [0.5, 0.6) is 0 Å². The van der Waals surface area contributed by atoms with Crippen LogP contribution in [0.25, 0.3) is 0 Å². The van der Waals surface area contributed by atoms with Gasteiger partial charge in [-0.25, -0.2) is 0 Å². The van der Waals surface area contributed by atoms with E-state index >= 15 is 0 Å². The lowest BCUT2D eigenvalue weighted by Crippen LogP contribution is -2.38. The molecule has 0 aliphatic heterocycles. The van der Waals surface area contributed by atoms with Crippen LogP contribution in [0.3, 0.4) is 0 Å². The van der Waals surface area contributed by atoms with E-state index in [4.69, 9.17) is 5.26 Å². The number of aromatic nitrogens is 2. The fraction of sp³-hybridized carbons (Fsp3) is 0.429. The van der Waals surface area contributed by atoms with Gasteiger partial charge in [0.1, 0.15) is 6.07 Å². The van der Waals surface area contributed by atoms with Crippen LogP contribution in [0, 0.1) is 11.3 Å². The molecule has 0 atom stereocenters. The van der Waals surface area contributed by atoms with Crippen LogP contribution in [0.2, 0.25) is 0 Å². The van der Waals surface area contributed by atoms with E-state index in [1.165, 1.54) is 0 Å². The van der Waals surface area contributed by atoms with Gasteiger partial charge in [0.05, 0.1) is 6.20 Å². The Labute approximate surface area is 73.8 Å². The molecule has 0 saturated carbocycles. The van der Waals surface area contributed by atoms with E-state index in [9.17, 15) is 0 Å². The van der Waals surface area contributed by atoms with Gasteiger partial charge in [-0.05, 0) is 13.8 Å². The van der Waals surface area contributed by atoms with Crippen molar-refractivity contribution in [1.82, 2.24) is 5.10 Å². The molecule has 58 valence electrons. The third-order valence-electron chi connectivity index (χ3n) is 1.42. The fourth-order valence-corrected chi connectivity index (χ4v) is 1.55. The monoisotopic (exact) mass is 214 g/mol. The van der Waals surface area contributed by atoms with Crippen molar-refractivity contribution in [3.05, 3.63) is 16.4 Å². The summed E-state index contributed by atoms with van der Waals surface area (Å²) in [5, 5.41) is 11.6. The Kier molecular flexibility index (Phi) is 2.30. The Balaban J connectivity index is 3.13. The molecule has 4 heteroatoms. The first-order chi connectivity index (χ1) is 5.16. The minimum absolute atomic E-state index is 0.339. The van der Waals surface area contributed by atoms with Crippen LogP contribution in [0.15, 0.2) is 10.8 Å². The molecule has 1 aromatic rings. The summed E-state index contributed by atoms with van der Waals surface area (Å²) >= 11 is 3.32. The molecule has 0 saturated heterocycles. The molecule has 0 spiro atoms. The van der Waals surface area contributed by atoms with Crippen molar-refractivity contribution >= 4 is 15.9 Å². The van der Waals surface area contributed by atoms with Crippen LogP contribution < -0.4 is 4.68 Å². The smallest absolute Gasteiger partial charge is 0.192 e. The van der Waals surface area contributed by atoms with E-state index in [-0.39, 0.29) is 0 Å². The van der Waals surface area contributed by atoms with Crippen molar-refractivity contribution in [2.45, 2.75) is 19.9 Å². The molecule has 1 heterocycles. The van der Waals surface area contributed by atoms with E-state index in [0.717, 1.165) is 4.60 Å². The summed E-state index contributed by atoms with van der Waals surface area (Å²) < 4.78 is 2.70. The molecule has 0 bridgehead atoms. The van der Waals surface area contributed by atoms with E-state index in [2.05, 4.69) is 27.1 Å². The lowest BCUT2D eigenvalue weighted by Gasteiger charge is -1.93. The molecule has 0 amide bonds. The number of halogens is 1. The summed E-state index contributed by atoms with van der Waals surface area (Å²) in [5.74, 6) is 0. The molecule has 0 aliphatic rings. The highest BCUT2D eigenvalue weighted by atomic mass is 79.9. The number of aromatic amines is 1. The maximum absolute atomic E-state index is 8.60. The number of H-pyrrole nitrogens is 1. The fourth-order valence-electron chi connectivity index (χ4n) is 0.834. The van der Waals surface area contributed by atoms with Crippen LogP contribution >= 0.6 is 15.9 Å². The standard InChI is InChI=1S/C7H8BrN3/c1-5(2)11-7(8)6(3-9)4-10-11/h4-5H,1-2H3/p+1. The summed E-state index contributed by atoms with van der Waals surface area (Å²) in [5.41, 5.74) is 0.638. The predicted octanol–water partition coefficient (Wildman–Crippen LogP) is 1.52. The van der Waals surface area contributed by atoms with Gasteiger partial charge in [-0.15, -0.1) is 4.68 Å². The van der Waals surface area contributed by atoms with Gasteiger partial charge in [0.25, 0.3) is 4.60 Å². The Hall–Kier alpha value is -0.820. The van der Waals surface area contributed by atoms with E-state index in [0.29, 0.717) is 11.6 Å². The van der Waals surface area contributed by atoms with E-state index in [1.807, 2.05) is 18.5 Å². The van der Waals surface area contributed by atoms with Gasteiger partial charge >= 0.3 is 0 Å². The van der Waals surface area contributed by atoms with Gasteiger partial charge in [0.15, 0.2) is 11.6 Å². The molecular weight excluding hydrogens is 206 g/mol. The number of nitriles is 1. The largest absolute Gasteiger partial charge is 0.290 e. The molecule has 1 aromatic heterocycles. The molecule has 0 aromatic carbocycles. The molecule has 0 fully saturated rings. The van der Waals surface area contributed by atoms with Crippen LogP contribution in [0.4, 0.5) is 0 Å². The topological polar surface area (TPSA) is 43.5 Å². The van der Waals surface area contributed by atoms with Crippen molar-refractivity contribution < 1.29 is 4.68 Å². The average Bonchev–Trinajstić information content (AvgIpc) is 2.30. The third kappa shape index (κ3) is 1.43. The normalized spacial score (nSPS) is 10.1. The van der Waals surface area contributed by atoms with Gasteiger partial charge in [-0.1, -0.05) is 0 Å². The molecule has 1 N–H and O–H groups in total. The Bertz CT molecular complexity index is 295. The number of rotatable bonds is 1. The highest BCUT2D eigenvalue weighted by Gasteiger charge is 2.18. The zero-order valence-corrected chi connectivity index (χ0v) is 8.01. The highest BCUT2D eigenvalue weighted by molar-refractivity contribution is 9.10. The molecule has 0 unspecified atom stereocenters. The second-order valence-corrected chi connectivity index (χ2v) is 3.30. The minimum Gasteiger partial charge on any atom is -0.192 e. The van der Waals surface area contributed by atoms with Gasteiger partial charge in [0.2, 0.25) is 0 Å². The van der Waals surface area contributed by atoms with E-state index < -0.39 is 0 Å². The Morgan fingerprint density at radius 2 is 2.36 bits per heavy atom. The number of nitrogens with zero attached hydrogens (tertiary/aromatic N) is 2. The Morgan fingerprint density at radius 3 is 2.64 bits per heavy atom. The molecular formula is C7H9BrN3+. The van der Waals surface area contributed by atoms with Crippen molar-refractivity contribution in [3.63, 3.8) is 0 Å². The van der Waals surface area contributed by atoms with Crippen molar-refractivity contribution in [2.75, 3.05) is 0 Å². The zero-order valence-electron chi connectivity index (χ0n) is 6.43. The summed E-state index contributed by atoms with van der Waals surface area (Å²) in [7, 11) is 0. The highest BCUT2D eigenvalue weighted by Crippen LogP contribution is 2.10. The molecule has 1 rings (SSSR count). The second kappa shape index (κ2) is 3.05. The maximum atomic E-state index is 8.60. The van der Waals surface area contributed by atoms with Crippen LogP contribution in [0.1, 0.15) is 25.5 Å². The van der Waals surface area contributed by atoms with Crippen LogP contribution in [-0.4, -0.2) is 5.10 Å². The lowest BCUT2D eigenvalue weighted by molar-refractivity contribution is -0.777. The van der Waals surface area contributed by atoms with Crippen LogP contribution in [-0.2, 0) is 0 Å². The maximum Gasteiger partial charge on any atom is 0.290 e. The summed E-state index contributed by atoms with van der Waals surface area (Å²) in [6, 6.07) is 2.41. The second-order valence-electron chi connectivity index (χ2n) is 2.55. The van der Waals surface area contributed by atoms with Crippen molar-refractivity contribution in [2.24, 2.45) is 0 Å². The van der Waals surface area contributed by atoms with Gasteiger partial charge < -0.3 is 0 Å². The van der Waals surface area contributed by atoms with Gasteiger partial charge in [-0.3, -0.25) is 0 Å². The number of hydrogen-bond donors (Lipinski definition) is 1. The van der Waals surface area contributed by atoms with Crippen molar-refractivity contribution in [1.29, 1.82) is 5.26 Å². The first kappa shape index (κ1) is 8.28. The SMILES string of the molecule is CC(C)[n+]1[nH]cc(C#N)c1Br. The third-order valence-corrected chi connectivity index (χ3v) is 2.23. The van der Waals surface area contributed by atoms with E-state index in [1.54, 1.807) is 6.20 Å². The molecule has 0 radical (unpaired) electrons. The summed E-state index contributed by atoms with van der Waals surface area (Å²) in [6.45, 7) is 4.09. The molecule has 11 heavy (non-hydrogen) atoms. The quantitative estimate of drug-likeness (QED) is 0.709. The first-order valence-electron chi connectivity index (χ1n) is 3.35. The summed E-state index contributed by atoms with van der Waals surface area (Å²) in [4.78, 5) is 0. The Morgan fingerprint density at radius 1 is 1.73 bits per heavy atom. The zero-order chi connectivity index (χ0) is 8.43. The van der Waals surface area contributed by atoms with Crippen molar-refractivity contribution in [3.8, 4) is 6.07 Å². The predicted molar refractivity (Wildman–Crippen MR) is 43.8 cm³/mol. The molecule has 0 aliphatic carbocycles. The lowest BCUT2D eigenvalue weighted by atomic mass is 10.4. The van der Waals surface area contributed by atoms with Gasteiger partial charge in [-0.2, -0.15) is 10.4 Å². The number of hydrogen-bond acceptors (Lipinski definition) is 1. The minimum atomic E-state index is 0.339. The van der Waals surface area contributed by atoms with Gasteiger partial charge in [0, 0.05) is 15.9 Å².